The smallest absolute Gasteiger partial charge is 0.127 e. The van der Waals surface area contributed by atoms with Gasteiger partial charge in [0.2, 0.25) is 0 Å². The highest BCUT2D eigenvalue weighted by Crippen LogP contribution is 2.11. The summed E-state index contributed by atoms with van der Waals surface area (Å²) in [6, 6.07) is 21.5. The van der Waals surface area contributed by atoms with Crippen molar-refractivity contribution in [2.45, 2.75) is 12.8 Å². The highest BCUT2D eigenvalue weighted by atomic mass is 15.3. The maximum atomic E-state index is 2.37. The molecule has 1 saturated heterocycles. The molecule has 1 aliphatic heterocycles. The van der Waals surface area contributed by atoms with Crippen LogP contribution in [0.3, 0.4) is 0 Å². The minimum absolute atomic E-state index is 0.653. The number of rotatable bonds is 6. The Bertz CT molecular complexity index is 613. The second-order valence-electron chi connectivity index (χ2n) is 7.03. The third-order valence-corrected chi connectivity index (χ3v) is 5.14. The van der Waals surface area contributed by atoms with Gasteiger partial charge in [0.1, 0.15) is 26.2 Å². The molecule has 0 amide bonds. The molecule has 126 valence electrons. The van der Waals surface area contributed by atoms with Crippen molar-refractivity contribution in [3.63, 3.8) is 0 Å². The molecular weight excluding hydrogens is 292 g/mol. The lowest BCUT2D eigenvalue weighted by Crippen LogP contribution is -3.28. The van der Waals surface area contributed by atoms with Crippen molar-refractivity contribution < 1.29 is 9.80 Å². The lowest BCUT2D eigenvalue weighted by molar-refractivity contribution is -1.01. The molecule has 1 fully saturated rings. The Morgan fingerprint density at radius 2 is 1.42 bits per heavy atom. The van der Waals surface area contributed by atoms with E-state index in [1.807, 2.05) is 0 Å². The quantitative estimate of drug-likeness (QED) is 0.793. The number of quaternary nitrogens is 2. The van der Waals surface area contributed by atoms with Crippen LogP contribution in [-0.4, -0.2) is 39.3 Å². The summed E-state index contributed by atoms with van der Waals surface area (Å²) in [5, 5.41) is 0. The lowest BCUT2D eigenvalue weighted by atomic mass is 10.0. The van der Waals surface area contributed by atoms with Gasteiger partial charge in [0.05, 0.1) is 13.1 Å². The van der Waals surface area contributed by atoms with Crippen LogP contribution in [0.15, 0.2) is 66.7 Å². The van der Waals surface area contributed by atoms with Gasteiger partial charge in [0.25, 0.3) is 0 Å². The van der Waals surface area contributed by atoms with Crippen LogP contribution in [0.5, 0.6) is 0 Å². The maximum absolute atomic E-state index is 2.37. The number of hydrogen-bond donors (Lipinski definition) is 2. The molecule has 1 aliphatic rings. The number of nitrogens with one attached hydrogen (secondary N) is 2. The van der Waals surface area contributed by atoms with Crippen LogP contribution >= 0.6 is 0 Å². The van der Waals surface area contributed by atoms with Crippen molar-refractivity contribution >= 4 is 6.08 Å². The predicted octanol–water partition coefficient (Wildman–Crippen LogP) is 1.29. The average Bonchev–Trinajstić information content (AvgIpc) is 2.65. The Labute approximate surface area is 146 Å². The van der Waals surface area contributed by atoms with Gasteiger partial charge in [-0.05, 0) is 17.2 Å². The molecule has 2 aromatic rings. The second kappa shape index (κ2) is 8.81. The Morgan fingerprint density at radius 3 is 2.08 bits per heavy atom. The summed E-state index contributed by atoms with van der Waals surface area (Å²) in [6.45, 7) is 9.95. The largest absolute Gasteiger partial charge is 0.325 e. The average molecular weight is 322 g/mol. The van der Waals surface area contributed by atoms with Gasteiger partial charge in [-0.2, -0.15) is 0 Å². The van der Waals surface area contributed by atoms with E-state index in [2.05, 4.69) is 79.7 Å². The third kappa shape index (κ3) is 5.05. The van der Waals surface area contributed by atoms with E-state index in [9.17, 15) is 0 Å². The molecule has 2 aromatic carbocycles. The Balaban J connectivity index is 1.40. The molecule has 1 atom stereocenters. The standard InChI is InChI=1S/C22H28N2/c1-20(22-12-6-3-7-13-22)19-24-17-15-23(16-18-24)14-8-11-21-9-4-2-5-10-21/h2-13,20H,14-19H2,1H3/p+2/b11-8+/t20-/m1/s1. The zero-order chi connectivity index (χ0) is 16.6. The zero-order valence-corrected chi connectivity index (χ0v) is 14.7. The van der Waals surface area contributed by atoms with Crippen LogP contribution in [-0.2, 0) is 0 Å². The molecule has 0 radical (unpaired) electrons. The highest BCUT2D eigenvalue weighted by Gasteiger charge is 2.23. The first-order valence-corrected chi connectivity index (χ1v) is 9.25. The highest BCUT2D eigenvalue weighted by molar-refractivity contribution is 5.48. The molecule has 2 heteroatoms. The molecule has 0 unspecified atom stereocenters. The first kappa shape index (κ1) is 16.9. The normalized spacial score (nSPS) is 22.5. The van der Waals surface area contributed by atoms with E-state index in [1.165, 1.54) is 43.9 Å². The summed E-state index contributed by atoms with van der Waals surface area (Å²) >= 11 is 0. The predicted molar refractivity (Wildman–Crippen MR) is 101 cm³/mol. The summed E-state index contributed by atoms with van der Waals surface area (Å²) in [5.74, 6) is 0.653. The van der Waals surface area contributed by atoms with E-state index in [0.717, 1.165) is 6.54 Å². The first-order valence-electron chi connectivity index (χ1n) is 9.25. The van der Waals surface area contributed by atoms with Crippen molar-refractivity contribution in [3.8, 4) is 0 Å². The summed E-state index contributed by atoms with van der Waals surface area (Å²) in [5.41, 5.74) is 2.78. The van der Waals surface area contributed by atoms with Crippen molar-refractivity contribution in [2.24, 2.45) is 0 Å². The van der Waals surface area contributed by atoms with Crippen molar-refractivity contribution in [3.05, 3.63) is 77.9 Å². The minimum atomic E-state index is 0.653. The van der Waals surface area contributed by atoms with E-state index in [1.54, 1.807) is 9.80 Å². The molecule has 0 aromatic heterocycles. The molecule has 2 N–H and O–H groups in total. The molecule has 1 heterocycles. The monoisotopic (exact) mass is 322 g/mol. The minimum Gasteiger partial charge on any atom is -0.325 e. The lowest BCUT2D eigenvalue weighted by Gasteiger charge is -2.30. The van der Waals surface area contributed by atoms with Gasteiger partial charge < -0.3 is 9.80 Å². The number of hydrogen-bond acceptors (Lipinski definition) is 0. The SMILES string of the molecule is C[C@H](C[NH+]1CC[NH+](C/C=C/c2ccccc2)CC1)c1ccccc1. The van der Waals surface area contributed by atoms with Gasteiger partial charge in [0.15, 0.2) is 0 Å². The summed E-state index contributed by atoms with van der Waals surface area (Å²) < 4.78 is 0. The zero-order valence-electron chi connectivity index (χ0n) is 14.7. The van der Waals surface area contributed by atoms with Crippen LogP contribution in [0.1, 0.15) is 24.0 Å². The van der Waals surface area contributed by atoms with E-state index < -0.39 is 0 Å². The Kier molecular flexibility index (Phi) is 6.22. The second-order valence-corrected chi connectivity index (χ2v) is 7.03. The van der Waals surface area contributed by atoms with Gasteiger partial charge in [-0.25, -0.2) is 0 Å². The van der Waals surface area contributed by atoms with Crippen molar-refractivity contribution in [1.82, 2.24) is 0 Å². The summed E-state index contributed by atoms with van der Waals surface area (Å²) in [6.07, 6.45) is 4.59. The number of benzene rings is 2. The van der Waals surface area contributed by atoms with Crippen molar-refractivity contribution in [2.75, 3.05) is 39.3 Å². The van der Waals surface area contributed by atoms with E-state index >= 15 is 0 Å². The van der Waals surface area contributed by atoms with Crippen LogP contribution in [0.4, 0.5) is 0 Å². The van der Waals surface area contributed by atoms with Gasteiger partial charge >= 0.3 is 0 Å². The van der Waals surface area contributed by atoms with Gasteiger partial charge in [0, 0.05) is 5.92 Å². The Morgan fingerprint density at radius 1 is 0.833 bits per heavy atom. The topological polar surface area (TPSA) is 8.88 Å². The fourth-order valence-corrected chi connectivity index (χ4v) is 3.62. The van der Waals surface area contributed by atoms with Crippen LogP contribution in [0.25, 0.3) is 6.08 Å². The van der Waals surface area contributed by atoms with Gasteiger partial charge in [-0.15, -0.1) is 0 Å². The van der Waals surface area contributed by atoms with Gasteiger partial charge in [-0.3, -0.25) is 0 Å². The van der Waals surface area contributed by atoms with E-state index in [4.69, 9.17) is 0 Å². The van der Waals surface area contributed by atoms with Crippen LogP contribution in [0.2, 0.25) is 0 Å². The summed E-state index contributed by atoms with van der Waals surface area (Å²) in [4.78, 5) is 3.49. The molecular formula is C22H30N2+2. The number of piperazine rings is 1. The van der Waals surface area contributed by atoms with E-state index in [-0.39, 0.29) is 0 Å². The fourth-order valence-electron chi connectivity index (χ4n) is 3.62. The molecule has 0 aliphatic carbocycles. The van der Waals surface area contributed by atoms with Gasteiger partial charge in [-0.1, -0.05) is 73.7 Å². The first-order chi connectivity index (χ1) is 11.8. The fraction of sp³-hybridized carbons (Fsp3) is 0.364. The molecule has 2 nitrogen and oxygen atoms in total. The molecule has 3 rings (SSSR count). The molecule has 0 spiro atoms. The van der Waals surface area contributed by atoms with Crippen molar-refractivity contribution in [1.29, 1.82) is 0 Å². The molecule has 0 saturated carbocycles. The maximum Gasteiger partial charge on any atom is 0.127 e. The molecule has 0 bridgehead atoms. The van der Waals surface area contributed by atoms with E-state index in [0.29, 0.717) is 5.92 Å². The summed E-state index contributed by atoms with van der Waals surface area (Å²) in [7, 11) is 0. The van der Waals surface area contributed by atoms with Crippen LogP contribution < -0.4 is 9.80 Å². The third-order valence-electron chi connectivity index (χ3n) is 5.14. The molecule has 24 heavy (non-hydrogen) atoms. The van der Waals surface area contributed by atoms with Crippen LogP contribution in [0, 0.1) is 0 Å². The Hall–Kier alpha value is -1.90.